The summed E-state index contributed by atoms with van der Waals surface area (Å²) < 4.78 is 0. The minimum atomic E-state index is -1.29. The van der Waals surface area contributed by atoms with Gasteiger partial charge in [0, 0.05) is 23.9 Å². The molecule has 166 valence electrons. The zero-order chi connectivity index (χ0) is 22.5. The molecule has 3 rings (SSSR count). The number of amides is 1. The van der Waals surface area contributed by atoms with Crippen LogP contribution in [0.15, 0.2) is 5.38 Å². The van der Waals surface area contributed by atoms with Gasteiger partial charge in [-0.05, 0) is 31.6 Å². The Morgan fingerprint density at radius 3 is 2.74 bits per heavy atom. The van der Waals surface area contributed by atoms with Crippen molar-refractivity contribution in [3.8, 4) is 0 Å². The standard InChI is InChI=1S/C18H23N7O5S/c19-14-9-5-8(6-21-15(9)25-18(20)24-14)1-3-12-22-11(7-31-12)16(28)23-10(17(29)30)2-4-13(26)27/h7-8,10H,1-6H2,(H,23,28)(H,26,27)(H,29,30)(H5,19,20,21,24,25)/t8?,10-/m0/s1. The summed E-state index contributed by atoms with van der Waals surface area (Å²) in [5.41, 5.74) is 12.5. The molecule has 0 bridgehead atoms. The molecule has 0 saturated heterocycles. The molecule has 1 unspecified atom stereocenters. The number of aliphatic carboxylic acids is 2. The summed E-state index contributed by atoms with van der Waals surface area (Å²) in [6.45, 7) is 0.700. The molecule has 0 aromatic carbocycles. The predicted octanol–water partition coefficient (Wildman–Crippen LogP) is 0.362. The van der Waals surface area contributed by atoms with E-state index < -0.39 is 23.9 Å². The molecule has 8 N–H and O–H groups in total. The van der Waals surface area contributed by atoms with Gasteiger partial charge < -0.3 is 32.3 Å². The van der Waals surface area contributed by atoms with Gasteiger partial charge in [0.05, 0.1) is 5.01 Å². The molecule has 2 aromatic heterocycles. The Labute approximate surface area is 181 Å². The summed E-state index contributed by atoms with van der Waals surface area (Å²) in [7, 11) is 0. The van der Waals surface area contributed by atoms with Gasteiger partial charge in [0.15, 0.2) is 0 Å². The van der Waals surface area contributed by atoms with E-state index in [1.165, 1.54) is 11.3 Å². The number of rotatable bonds is 9. The number of nitrogens with one attached hydrogen (secondary N) is 2. The first-order valence-electron chi connectivity index (χ1n) is 9.58. The van der Waals surface area contributed by atoms with Crippen molar-refractivity contribution >= 4 is 46.8 Å². The smallest absolute Gasteiger partial charge is 0.326 e. The lowest BCUT2D eigenvalue weighted by atomic mass is 9.92. The summed E-state index contributed by atoms with van der Waals surface area (Å²) in [6, 6.07) is -1.29. The SMILES string of the molecule is Nc1nc(N)c2c(n1)NCC(CCc1nc(C(=O)N[C@@H](CCC(=O)O)C(=O)O)cs1)C2. The number of aryl methyl sites for hydroxylation is 1. The monoisotopic (exact) mass is 449 g/mol. The molecule has 3 heterocycles. The topological polar surface area (TPSA) is 206 Å². The van der Waals surface area contributed by atoms with E-state index in [0.29, 0.717) is 31.0 Å². The van der Waals surface area contributed by atoms with Crippen LogP contribution in [-0.4, -0.2) is 55.6 Å². The minimum Gasteiger partial charge on any atom is -0.481 e. The highest BCUT2D eigenvalue weighted by Gasteiger charge is 2.24. The number of carboxylic acids is 2. The fourth-order valence-corrected chi connectivity index (χ4v) is 4.08. The molecule has 13 heteroatoms. The quantitative estimate of drug-likeness (QED) is 0.308. The molecule has 1 aliphatic rings. The molecule has 1 aliphatic heterocycles. The average molecular weight is 449 g/mol. The summed E-state index contributed by atoms with van der Waals surface area (Å²) in [5, 5.41) is 25.7. The van der Waals surface area contributed by atoms with Gasteiger partial charge in [0.1, 0.15) is 23.4 Å². The van der Waals surface area contributed by atoms with Crippen LogP contribution in [0.25, 0.3) is 0 Å². The number of hydrogen-bond donors (Lipinski definition) is 6. The maximum atomic E-state index is 12.3. The Morgan fingerprint density at radius 2 is 2.03 bits per heavy atom. The van der Waals surface area contributed by atoms with Crippen LogP contribution >= 0.6 is 11.3 Å². The van der Waals surface area contributed by atoms with E-state index in [0.717, 1.165) is 17.0 Å². The van der Waals surface area contributed by atoms with E-state index >= 15 is 0 Å². The van der Waals surface area contributed by atoms with E-state index in [1.807, 2.05) is 0 Å². The maximum absolute atomic E-state index is 12.3. The summed E-state index contributed by atoms with van der Waals surface area (Å²) in [4.78, 5) is 46.6. The third kappa shape index (κ3) is 5.78. The second-order valence-electron chi connectivity index (χ2n) is 7.21. The number of carbonyl (C=O) groups is 3. The third-order valence-electron chi connectivity index (χ3n) is 4.91. The minimum absolute atomic E-state index is 0.113. The van der Waals surface area contributed by atoms with E-state index in [9.17, 15) is 14.4 Å². The van der Waals surface area contributed by atoms with Crippen molar-refractivity contribution in [2.75, 3.05) is 23.3 Å². The number of aromatic nitrogens is 3. The molecular weight excluding hydrogens is 426 g/mol. The lowest BCUT2D eigenvalue weighted by molar-refractivity contribution is -0.140. The highest BCUT2D eigenvalue weighted by Crippen LogP contribution is 2.29. The molecule has 0 spiro atoms. The number of nitrogens with zero attached hydrogens (tertiary/aromatic N) is 3. The molecule has 0 radical (unpaired) electrons. The van der Waals surface area contributed by atoms with Crippen LogP contribution in [0.1, 0.15) is 40.3 Å². The van der Waals surface area contributed by atoms with Gasteiger partial charge in [-0.15, -0.1) is 11.3 Å². The number of nitrogen functional groups attached to an aromatic ring is 2. The first-order chi connectivity index (χ1) is 14.7. The largest absolute Gasteiger partial charge is 0.481 e. The van der Waals surface area contributed by atoms with Crippen molar-refractivity contribution in [1.82, 2.24) is 20.3 Å². The summed E-state index contributed by atoms with van der Waals surface area (Å²) in [5.74, 6) is -1.64. The number of thiazole rings is 1. The Bertz CT molecular complexity index is 996. The number of carboxylic acid groups (broad SMARTS) is 2. The fraction of sp³-hybridized carbons (Fsp3) is 0.444. The van der Waals surface area contributed by atoms with Crippen molar-refractivity contribution in [2.45, 2.75) is 38.1 Å². The zero-order valence-electron chi connectivity index (χ0n) is 16.5. The number of anilines is 3. The second kappa shape index (κ2) is 9.55. The van der Waals surface area contributed by atoms with Crippen LogP contribution in [0, 0.1) is 5.92 Å². The lowest BCUT2D eigenvalue weighted by Crippen LogP contribution is -2.41. The maximum Gasteiger partial charge on any atom is 0.326 e. The molecule has 31 heavy (non-hydrogen) atoms. The second-order valence-corrected chi connectivity index (χ2v) is 8.15. The van der Waals surface area contributed by atoms with E-state index in [2.05, 4.69) is 25.6 Å². The van der Waals surface area contributed by atoms with Crippen molar-refractivity contribution in [3.63, 3.8) is 0 Å². The first kappa shape index (κ1) is 22.2. The van der Waals surface area contributed by atoms with Gasteiger partial charge in [-0.25, -0.2) is 9.78 Å². The normalized spacial score (nSPS) is 16.1. The van der Waals surface area contributed by atoms with Crippen LogP contribution in [0.4, 0.5) is 17.6 Å². The molecule has 0 aliphatic carbocycles. The number of hydrogen-bond acceptors (Lipinski definition) is 10. The Morgan fingerprint density at radius 1 is 1.26 bits per heavy atom. The molecule has 1 amide bonds. The summed E-state index contributed by atoms with van der Waals surface area (Å²) in [6.07, 6.45) is 1.57. The average Bonchev–Trinajstić information content (AvgIpc) is 3.18. The highest BCUT2D eigenvalue weighted by molar-refractivity contribution is 7.09. The molecule has 0 saturated carbocycles. The van der Waals surface area contributed by atoms with Crippen LogP contribution in [0.2, 0.25) is 0 Å². The van der Waals surface area contributed by atoms with Gasteiger partial charge in [-0.2, -0.15) is 9.97 Å². The molecule has 0 fully saturated rings. The Kier molecular flexibility index (Phi) is 6.84. The number of fused-ring (bicyclic) bond motifs is 1. The van der Waals surface area contributed by atoms with Crippen LogP contribution in [0.5, 0.6) is 0 Å². The van der Waals surface area contributed by atoms with E-state index in [1.54, 1.807) is 5.38 Å². The first-order valence-corrected chi connectivity index (χ1v) is 10.5. The van der Waals surface area contributed by atoms with Gasteiger partial charge >= 0.3 is 11.9 Å². The molecule has 2 atom stereocenters. The van der Waals surface area contributed by atoms with Crippen LogP contribution < -0.4 is 22.1 Å². The molecular formula is C18H23N7O5S. The number of nitrogens with two attached hydrogens (primary N) is 2. The van der Waals surface area contributed by atoms with Gasteiger partial charge in [-0.3, -0.25) is 9.59 Å². The molecule has 12 nitrogen and oxygen atoms in total. The van der Waals surface area contributed by atoms with Gasteiger partial charge in [0.25, 0.3) is 5.91 Å². The van der Waals surface area contributed by atoms with Gasteiger partial charge in [-0.1, -0.05) is 0 Å². The van der Waals surface area contributed by atoms with Crippen molar-refractivity contribution in [3.05, 3.63) is 21.6 Å². The zero-order valence-corrected chi connectivity index (χ0v) is 17.3. The van der Waals surface area contributed by atoms with Crippen molar-refractivity contribution < 1.29 is 24.6 Å². The lowest BCUT2D eigenvalue weighted by Gasteiger charge is -2.25. The predicted molar refractivity (Wildman–Crippen MR) is 113 cm³/mol. The van der Waals surface area contributed by atoms with Crippen LogP contribution in [-0.2, 0) is 22.4 Å². The Balaban J connectivity index is 1.54. The fourth-order valence-electron chi connectivity index (χ4n) is 3.29. The highest BCUT2D eigenvalue weighted by atomic mass is 32.1. The molecule has 2 aromatic rings. The Hall–Kier alpha value is -3.48. The van der Waals surface area contributed by atoms with Crippen molar-refractivity contribution in [2.24, 2.45) is 5.92 Å². The van der Waals surface area contributed by atoms with Crippen LogP contribution in [0.3, 0.4) is 0 Å². The third-order valence-corrected chi connectivity index (χ3v) is 5.82. The van der Waals surface area contributed by atoms with E-state index in [-0.39, 0.29) is 30.4 Å². The number of carbonyl (C=O) groups excluding carboxylic acids is 1. The van der Waals surface area contributed by atoms with E-state index in [4.69, 9.17) is 21.7 Å². The van der Waals surface area contributed by atoms with Crippen molar-refractivity contribution in [1.29, 1.82) is 0 Å². The summed E-state index contributed by atoms with van der Waals surface area (Å²) >= 11 is 1.31. The van der Waals surface area contributed by atoms with Gasteiger partial charge in [0.2, 0.25) is 5.95 Å².